The van der Waals surface area contributed by atoms with Crippen LogP contribution in [0.4, 0.5) is 0 Å². The maximum absolute atomic E-state index is 11.9. The van der Waals surface area contributed by atoms with E-state index in [1.165, 1.54) is 0 Å². The van der Waals surface area contributed by atoms with Crippen molar-refractivity contribution >= 4 is 5.91 Å². The van der Waals surface area contributed by atoms with Crippen molar-refractivity contribution < 1.29 is 9.90 Å². The van der Waals surface area contributed by atoms with Gasteiger partial charge in [-0.2, -0.15) is 5.10 Å². The molecule has 20 heavy (non-hydrogen) atoms. The summed E-state index contributed by atoms with van der Waals surface area (Å²) < 4.78 is 1.72. The lowest BCUT2D eigenvalue weighted by Gasteiger charge is -2.18. The molecule has 0 spiro atoms. The number of nitrogens with zero attached hydrogens (tertiary/aromatic N) is 2. The quantitative estimate of drug-likeness (QED) is 0.440. The van der Waals surface area contributed by atoms with Crippen molar-refractivity contribution in [3.05, 3.63) is 36.0 Å². The van der Waals surface area contributed by atoms with Crippen molar-refractivity contribution in [2.45, 2.75) is 26.3 Å². The van der Waals surface area contributed by atoms with Crippen LogP contribution < -0.4 is 11.3 Å². The smallest absolute Gasteiger partial charge is 0.269 e. The summed E-state index contributed by atoms with van der Waals surface area (Å²) >= 11 is 0. The monoisotopic (exact) mass is 274 g/mol. The molecule has 106 valence electrons. The molecule has 0 fully saturated rings. The Hall–Kier alpha value is -2.34. The molecule has 0 aliphatic carbocycles. The first-order valence-corrected chi connectivity index (χ1v) is 6.23. The molecule has 1 aromatic heterocycles. The van der Waals surface area contributed by atoms with Gasteiger partial charge in [-0.05, 0) is 45.0 Å². The standard InChI is InChI=1S/C14H18N4O2/c1-14(2,3)18-8-11(13(20)16-15)12(17-18)9-4-6-10(19)7-5-9/h4-8,19H,15H2,1-3H3,(H,16,20). The highest BCUT2D eigenvalue weighted by molar-refractivity contribution is 5.99. The molecule has 1 heterocycles. The molecule has 0 saturated carbocycles. The number of aromatic hydroxyl groups is 1. The Bertz CT molecular complexity index is 624. The molecular weight excluding hydrogens is 256 g/mol. The molecule has 6 heteroatoms. The molecule has 0 radical (unpaired) electrons. The maximum Gasteiger partial charge on any atom is 0.269 e. The Kier molecular flexibility index (Phi) is 3.50. The largest absolute Gasteiger partial charge is 0.508 e. The molecule has 0 aliphatic rings. The van der Waals surface area contributed by atoms with E-state index >= 15 is 0 Å². The van der Waals surface area contributed by atoms with Crippen LogP contribution in [0.1, 0.15) is 31.1 Å². The molecule has 0 aliphatic heterocycles. The van der Waals surface area contributed by atoms with E-state index in [0.29, 0.717) is 11.3 Å². The number of phenolic OH excluding ortho intramolecular Hbond substituents is 1. The number of nitrogens with one attached hydrogen (secondary N) is 1. The number of nitrogens with two attached hydrogens (primary N) is 1. The zero-order valence-corrected chi connectivity index (χ0v) is 11.7. The van der Waals surface area contributed by atoms with Crippen molar-refractivity contribution in [1.82, 2.24) is 15.2 Å². The predicted octanol–water partition coefficient (Wildman–Crippen LogP) is 1.61. The molecule has 2 aromatic rings. The summed E-state index contributed by atoms with van der Waals surface area (Å²) in [7, 11) is 0. The van der Waals surface area contributed by atoms with Crippen molar-refractivity contribution in [3.8, 4) is 17.0 Å². The van der Waals surface area contributed by atoms with Gasteiger partial charge in [-0.3, -0.25) is 14.9 Å². The van der Waals surface area contributed by atoms with Crippen molar-refractivity contribution in [1.29, 1.82) is 0 Å². The van der Waals surface area contributed by atoms with Crippen LogP contribution in [0.3, 0.4) is 0 Å². The lowest BCUT2D eigenvalue weighted by Crippen LogP contribution is -2.30. The van der Waals surface area contributed by atoms with Crippen LogP contribution in [0.5, 0.6) is 5.75 Å². The Balaban J connectivity index is 2.58. The number of hydrogen-bond acceptors (Lipinski definition) is 4. The van der Waals surface area contributed by atoms with E-state index in [1.54, 1.807) is 35.1 Å². The number of nitrogen functional groups attached to an aromatic ring is 1. The van der Waals surface area contributed by atoms with Gasteiger partial charge in [0, 0.05) is 11.8 Å². The van der Waals surface area contributed by atoms with Crippen LogP contribution >= 0.6 is 0 Å². The number of aromatic nitrogens is 2. The van der Waals surface area contributed by atoms with Crippen LogP contribution in [0.25, 0.3) is 11.3 Å². The van der Waals surface area contributed by atoms with Crippen molar-refractivity contribution in [2.75, 3.05) is 0 Å². The van der Waals surface area contributed by atoms with Gasteiger partial charge in [0.05, 0.1) is 11.1 Å². The first-order valence-electron chi connectivity index (χ1n) is 6.23. The fourth-order valence-electron chi connectivity index (χ4n) is 1.79. The molecule has 0 saturated heterocycles. The zero-order valence-electron chi connectivity index (χ0n) is 11.7. The lowest BCUT2D eigenvalue weighted by atomic mass is 10.1. The molecule has 4 N–H and O–H groups in total. The summed E-state index contributed by atoms with van der Waals surface area (Å²) in [6.45, 7) is 5.97. The zero-order chi connectivity index (χ0) is 14.9. The number of phenols is 1. The fraction of sp³-hybridized carbons (Fsp3) is 0.286. The highest BCUT2D eigenvalue weighted by Gasteiger charge is 2.22. The highest BCUT2D eigenvalue weighted by Crippen LogP contribution is 2.26. The van der Waals surface area contributed by atoms with Gasteiger partial charge >= 0.3 is 0 Å². The lowest BCUT2D eigenvalue weighted by molar-refractivity contribution is 0.0954. The molecule has 0 unspecified atom stereocenters. The van der Waals surface area contributed by atoms with Crippen LogP contribution in [-0.2, 0) is 5.54 Å². The molecule has 0 atom stereocenters. The van der Waals surface area contributed by atoms with Gasteiger partial charge < -0.3 is 5.11 Å². The number of carbonyl (C=O) groups excluding carboxylic acids is 1. The Morgan fingerprint density at radius 2 is 1.90 bits per heavy atom. The molecule has 1 aromatic carbocycles. The highest BCUT2D eigenvalue weighted by atomic mass is 16.3. The van der Waals surface area contributed by atoms with E-state index in [-0.39, 0.29) is 11.3 Å². The number of hydrogen-bond donors (Lipinski definition) is 3. The van der Waals surface area contributed by atoms with Crippen molar-refractivity contribution in [2.24, 2.45) is 5.84 Å². The van der Waals surface area contributed by atoms with E-state index in [1.807, 2.05) is 20.8 Å². The number of hydrazine groups is 1. The second kappa shape index (κ2) is 4.97. The average molecular weight is 274 g/mol. The van der Waals surface area contributed by atoms with E-state index in [9.17, 15) is 9.90 Å². The van der Waals surface area contributed by atoms with E-state index in [2.05, 4.69) is 10.5 Å². The topological polar surface area (TPSA) is 93.2 Å². The number of amides is 1. The van der Waals surface area contributed by atoms with Crippen LogP contribution in [0.15, 0.2) is 30.5 Å². The first-order chi connectivity index (χ1) is 9.32. The van der Waals surface area contributed by atoms with E-state index in [0.717, 1.165) is 5.56 Å². The second-order valence-corrected chi connectivity index (χ2v) is 5.53. The summed E-state index contributed by atoms with van der Waals surface area (Å²) in [5.74, 6) is 4.98. The summed E-state index contributed by atoms with van der Waals surface area (Å²) in [5.41, 5.74) is 3.54. The minimum Gasteiger partial charge on any atom is -0.508 e. The molecule has 2 rings (SSSR count). The van der Waals surface area contributed by atoms with Crippen LogP contribution in [0.2, 0.25) is 0 Å². The average Bonchev–Trinajstić information content (AvgIpc) is 2.83. The number of rotatable bonds is 2. The van der Waals surface area contributed by atoms with E-state index < -0.39 is 5.91 Å². The molecule has 0 bridgehead atoms. The Morgan fingerprint density at radius 1 is 1.30 bits per heavy atom. The molecule has 1 amide bonds. The third-order valence-electron chi connectivity index (χ3n) is 2.92. The van der Waals surface area contributed by atoms with Gasteiger partial charge in [0.1, 0.15) is 11.4 Å². The summed E-state index contributed by atoms with van der Waals surface area (Å²) in [6.07, 6.45) is 1.67. The number of benzene rings is 1. The van der Waals surface area contributed by atoms with Gasteiger partial charge in [0.25, 0.3) is 5.91 Å². The van der Waals surface area contributed by atoms with Gasteiger partial charge in [-0.25, -0.2) is 5.84 Å². The summed E-state index contributed by atoms with van der Waals surface area (Å²) in [5, 5.41) is 13.8. The molecular formula is C14H18N4O2. The first kappa shape index (κ1) is 14.1. The minimum atomic E-state index is -0.399. The third-order valence-corrected chi connectivity index (χ3v) is 2.92. The van der Waals surface area contributed by atoms with Gasteiger partial charge in [0.2, 0.25) is 0 Å². The van der Waals surface area contributed by atoms with Crippen molar-refractivity contribution in [3.63, 3.8) is 0 Å². The third kappa shape index (κ3) is 2.65. The SMILES string of the molecule is CC(C)(C)n1cc(C(=O)NN)c(-c2ccc(O)cc2)n1. The minimum absolute atomic E-state index is 0.161. The van der Waals surface area contributed by atoms with Gasteiger partial charge in [-0.15, -0.1) is 0 Å². The summed E-state index contributed by atoms with van der Waals surface area (Å²) in [6, 6.07) is 6.51. The molecule has 6 nitrogen and oxygen atoms in total. The normalized spacial score (nSPS) is 11.4. The predicted molar refractivity (Wildman–Crippen MR) is 76.0 cm³/mol. The second-order valence-electron chi connectivity index (χ2n) is 5.53. The summed E-state index contributed by atoms with van der Waals surface area (Å²) in [4.78, 5) is 11.9. The Labute approximate surface area is 117 Å². The van der Waals surface area contributed by atoms with E-state index in [4.69, 9.17) is 5.84 Å². The van der Waals surface area contributed by atoms with Crippen LogP contribution in [-0.4, -0.2) is 20.8 Å². The number of carbonyl (C=O) groups is 1. The Morgan fingerprint density at radius 3 is 2.40 bits per heavy atom. The van der Waals surface area contributed by atoms with Crippen LogP contribution in [0, 0.1) is 0 Å². The van der Waals surface area contributed by atoms with Gasteiger partial charge in [-0.1, -0.05) is 0 Å². The maximum atomic E-state index is 11.9. The van der Waals surface area contributed by atoms with Gasteiger partial charge in [0.15, 0.2) is 0 Å². The fourth-order valence-corrected chi connectivity index (χ4v) is 1.79.